The second-order valence-electron chi connectivity index (χ2n) is 4.03. The van der Waals surface area contributed by atoms with Gasteiger partial charge in [-0.15, -0.1) is 0 Å². The van der Waals surface area contributed by atoms with Crippen LogP contribution in [-0.4, -0.2) is 36.1 Å². The Kier molecular flexibility index (Phi) is 5.28. The first kappa shape index (κ1) is 13.9. The third-order valence-electron chi connectivity index (χ3n) is 2.54. The SMILES string of the molecule is CCC(CNC(=O)C(C)(C)NC)C(=O)O. The summed E-state index contributed by atoms with van der Waals surface area (Å²) < 4.78 is 0. The number of rotatable bonds is 6. The first-order chi connectivity index (χ1) is 6.85. The zero-order valence-corrected chi connectivity index (χ0v) is 9.76. The van der Waals surface area contributed by atoms with E-state index in [0.717, 1.165) is 0 Å². The molecule has 0 rings (SSSR count). The smallest absolute Gasteiger partial charge is 0.308 e. The molecule has 0 aliphatic rings. The highest BCUT2D eigenvalue weighted by Gasteiger charge is 2.26. The lowest BCUT2D eigenvalue weighted by atomic mass is 10.0. The van der Waals surface area contributed by atoms with Crippen LogP contribution in [0.4, 0.5) is 0 Å². The van der Waals surface area contributed by atoms with Crippen molar-refractivity contribution >= 4 is 11.9 Å². The van der Waals surface area contributed by atoms with Gasteiger partial charge in [-0.3, -0.25) is 9.59 Å². The van der Waals surface area contributed by atoms with Crippen molar-refractivity contribution in [2.24, 2.45) is 5.92 Å². The molecule has 0 radical (unpaired) electrons. The van der Waals surface area contributed by atoms with Gasteiger partial charge in [0.1, 0.15) is 0 Å². The van der Waals surface area contributed by atoms with Crippen LogP contribution in [0.3, 0.4) is 0 Å². The minimum Gasteiger partial charge on any atom is -0.481 e. The maximum Gasteiger partial charge on any atom is 0.308 e. The van der Waals surface area contributed by atoms with E-state index in [2.05, 4.69) is 10.6 Å². The summed E-state index contributed by atoms with van der Waals surface area (Å²) in [5, 5.41) is 14.3. The maximum absolute atomic E-state index is 11.6. The summed E-state index contributed by atoms with van der Waals surface area (Å²) in [4.78, 5) is 22.3. The number of hydrogen-bond acceptors (Lipinski definition) is 3. The van der Waals surface area contributed by atoms with Gasteiger partial charge >= 0.3 is 5.97 Å². The van der Waals surface area contributed by atoms with Gasteiger partial charge in [0.05, 0.1) is 11.5 Å². The van der Waals surface area contributed by atoms with E-state index in [1.807, 2.05) is 0 Å². The number of hydrogen-bond donors (Lipinski definition) is 3. The van der Waals surface area contributed by atoms with Crippen LogP contribution in [0.1, 0.15) is 27.2 Å². The summed E-state index contributed by atoms with van der Waals surface area (Å²) in [5.74, 6) is -1.58. The van der Waals surface area contributed by atoms with E-state index in [1.54, 1.807) is 27.8 Å². The van der Waals surface area contributed by atoms with Crippen molar-refractivity contribution < 1.29 is 14.7 Å². The van der Waals surface area contributed by atoms with Crippen molar-refractivity contribution in [2.45, 2.75) is 32.7 Å². The zero-order valence-electron chi connectivity index (χ0n) is 9.76. The molecule has 0 aromatic heterocycles. The van der Waals surface area contributed by atoms with Gasteiger partial charge in [-0.2, -0.15) is 0 Å². The second-order valence-corrected chi connectivity index (χ2v) is 4.03. The summed E-state index contributed by atoms with van der Waals surface area (Å²) in [6, 6.07) is 0. The molecule has 5 nitrogen and oxygen atoms in total. The summed E-state index contributed by atoms with van der Waals surface area (Å²) in [5.41, 5.74) is -0.670. The number of carboxylic acid groups (broad SMARTS) is 1. The van der Waals surface area contributed by atoms with Crippen LogP contribution >= 0.6 is 0 Å². The summed E-state index contributed by atoms with van der Waals surface area (Å²) >= 11 is 0. The lowest BCUT2D eigenvalue weighted by Gasteiger charge is -2.23. The van der Waals surface area contributed by atoms with Gasteiger partial charge in [0, 0.05) is 6.54 Å². The van der Waals surface area contributed by atoms with Crippen molar-refractivity contribution in [1.29, 1.82) is 0 Å². The number of nitrogens with one attached hydrogen (secondary N) is 2. The minimum absolute atomic E-state index is 0.176. The van der Waals surface area contributed by atoms with Crippen LogP contribution in [0.25, 0.3) is 0 Å². The average Bonchev–Trinajstić information content (AvgIpc) is 2.17. The highest BCUT2D eigenvalue weighted by atomic mass is 16.4. The Hall–Kier alpha value is -1.10. The number of likely N-dealkylation sites (N-methyl/N-ethyl adjacent to an activating group) is 1. The lowest BCUT2D eigenvalue weighted by Crippen LogP contribution is -2.52. The number of carboxylic acids is 1. The minimum atomic E-state index is -0.875. The predicted molar refractivity (Wildman–Crippen MR) is 57.6 cm³/mol. The fourth-order valence-electron chi connectivity index (χ4n) is 0.957. The molecule has 88 valence electrons. The fourth-order valence-corrected chi connectivity index (χ4v) is 0.957. The highest BCUT2D eigenvalue weighted by molar-refractivity contribution is 5.85. The van der Waals surface area contributed by atoms with Crippen molar-refractivity contribution in [2.75, 3.05) is 13.6 Å². The van der Waals surface area contributed by atoms with Gasteiger partial charge in [0.2, 0.25) is 5.91 Å². The van der Waals surface area contributed by atoms with Gasteiger partial charge in [-0.1, -0.05) is 6.92 Å². The number of aliphatic carboxylic acids is 1. The first-order valence-electron chi connectivity index (χ1n) is 5.05. The average molecular weight is 216 g/mol. The normalized spacial score (nSPS) is 13.3. The Morgan fingerprint density at radius 3 is 2.27 bits per heavy atom. The van der Waals surface area contributed by atoms with Crippen molar-refractivity contribution in [1.82, 2.24) is 10.6 Å². The maximum atomic E-state index is 11.6. The molecule has 0 saturated carbocycles. The van der Waals surface area contributed by atoms with Gasteiger partial charge in [0.25, 0.3) is 0 Å². The van der Waals surface area contributed by atoms with Crippen molar-refractivity contribution in [3.05, 3.63) is 0 Å². The molecular formula is C10H20N2O3. The molecule has 0 spiro atoms. The van der Waals surface area contributed by atoms with Crippen LogP contribution in [0.5, 0.6) is 0 Å². The van der Waals surface area contributed by atoms with E-state index in [0.29, 0.717) is 6.42 Å². The number of carbonyl (C=O) groups excluding carboxylic acids is 1. The zero-order chi connectivity index (χ0) is 12.1. The molecule has 1 atom stereocenters. The molecule has 0 aromatic carbocycles. The number of carbonyl (C=O) groups is 2. The van der Waals surface area contributed by atoms with E-state index in [1.165, 1.54) is 0 Å². The van der Waals surface area contributed by atoms with Crippen molar-refractivity contribution in [3.8, 4) is 0 Å². The van der Waals surface area contributed by atoms with Crippen LogP contribution in [0.2, 0.25) is 0 Å². The molecule has 0 saturated heterocycles. The molecule has 1 amide bonds. The summed E-state index contributed by atoms with van der Waals surface area (Å²) in [7, 11) is 1.69. The predicted octanol–water partition coefficient (Wildman–Crippen LogP) is 0.211. The molecule has 5 heteroatoms. The molecule has 0 aliphatic carbocycles. The Balaban J connectivity index is 4.16. The van der Waals surface area contributed by atoms with Crippen LogP contribution in [0.15, 0.2) is 0 Å². The Morgan fingerprint density at radius 2 is 1.93 bits per heavy atom. The molecule has 0 bridgehead atoms. The van der Waals surface area contributed by atoms with Gasteiger partial charge in [-0.05, 0) is 27.3 Å². The molecule has 0 aliphatic heterocycles. The quantitative estimate of drug-likeness (QED) is 0.593. The standard InChI is InChI=1S/C10H20N2O3/c1-5-7(8(13)14)6-12-9(15)10(2,3)11-4/h7,11H,5-6H2,1-4H3,(H,12,15)(H,13,14). The highest BCUT2D eigenvalue weighted by Crippen LogP contribution is 2.04. The van der Waals surface area contributed by atoms with Gasteiger partial charge < -0.3 is 15.7 Å². The third kappa shape index (κ3) is 4.29. The van der Waals surface area contributed by atoms with E-state index < -0.39 is 17.4 Å². The Labute approximate surface area is 90.2 Å². The third-order valence-corrected chi connectivity index (χ3v) is 2.54. The van der Waals surface area contributed by atoms with Gasteiger partial charge in [-0.25, -0.2) is 0 Å². The molecule has 15 heavy (non-hydrogen) atoms. The molecule has 0 heterocycles. The fraction of sp³-hybridized carbons (Fsp3) is 0.800. The molecular weight excluding hydrogens is 196 g/mol. The second kappa shape index (κ2) is 5.70. The summed E-state index contributed by atoms with van der Waals surface area (Å²) in [6.45, 7) is 5.44. The van der Waals surface area contributed by atoms with Crippen LogP contribution in [0, 0.1) is 5.92 Å². The number of amides is 1. The molecule has 1 unspecified atom stereocenters. The Bertz CT molecular complexity index is 239. The topological polar surface area (TPSA) is 78.4 Å². The van der Waals surface area contributed by atoms with Gasteiger partial charge in [0.15, 0.2) is 0 Å². The first-order valence-corrected chi connectivity index (χ1v) is 5.05. The van der Waals surface area contributed by atoms with E-state index in [4.69, 9.17) is 5.11 Å². The largest absolute Gasteiger partial charge is 0.481 e. The molecule has 3 N–H and O–H groups in total. The van der Waals surface area contributed by atoms with E-state index in [-0.39, 0.29) is 12.5 Å². The molecule has 0 aromatic rings. The van der Waals surface area contributed by atoms with Crippen molar-refractivity contribution in [3.63, 3.8) is 0 Å². The van der Waals surface area contributed by atoms with E-state index >= 15 is 0 Å². The lowest BCUT2D eigenvalue weighted by molar-refractivity contribution is -0.141. The van der Waals surface area contributed by atoms with E-state index in [9.17, 15) is 9.59 Å². The monoisotopic (exact) mass is 216 g/mol. The summed E-state index contributed by atoms with van der Waals surface area (Å²) in [6.07, 6.45) is 0.510. The van der Waals surface area contributed by atoms with Crippen LogP contribution in [-0.2, 0) is 9.59 Å². The molecule has 0 fully saturated rings. The Morgan fingerprint density at radius 1 is 1.40 bits per heavy atom. The van der Waals surface area contributed by atoms with Crippen LogP contribution < -0.4 is 10.6 Å².